The molecule has 1 aliphatic carbocycles. The third-order valence-corrected chi connectivity index (χ3v) is 5.41. The third-order valence-electron chi connectivity index (χ3n) is 5.41. The molecule has 5 heteroatoms. The van der Waals surface area contributed by atoms with Crippen LogP contribution < -0.4 is 0 Å². The van der Waals surface area contributed by atoms with E-state index < -0.39 is 0 Å². The molecule has 3 rings (SSSR count). The molecule has 21 heavy (non-hydrogen) atoms. The Morgan fingerprint density at radius 3 is 1.86 bits per heavy atom. The number of nitrogens with zero attached hydrogens (tertiary/aromatic N) is 3. The van der Waals surface area contributed by atoms with Crippen molar-refractivity contribution in [3.8, 4) is 0 Å². The van der Waals surface area contributed by atoms with Gasteiger partial charge in [0.2, 0.25) is 11.8 Å². The van der Waals surface area contributed by atoms with E-state index in [0.717, 1.165) is 45.3 Å². The Bertz CT molecular complexity index is 398. The van der Waals surface area contributed by atoms with Crippen molar-refractivity contribution in [1.29, 1.82) is 0 Å². The quantitative estimate of drug-likeness (QED) is 0.761. The number of rotatable bonds is 2. The van der Waals surface area contributed by atoms with Crippen molar-refractivity contribution in [2.75, 3.05) is 39.8 Å². The van der Waals surface area contributed by atoms with Crippen molar-refractivity contribution in [2.45, 2.75) is 44.6 Å². The Labute approximate surface area is 127 Å². The van der Waals surface area contributed by atoms with Crippen LogP contribution in [0.2, 0.25) is 0 Å². The summed E-state index contributed by atoms with van der Waals surface area (Å²) in [4.78, 5) is 31.0. The SMILES string of the molecule is CN1CCCC1C(=O)N1CCN(C(=O)C2CCCC2)CC1. The van der Waals surface area contributed by atoms with Gasteiger partial charge in [-0.3, -0.25) is 14.5 Å². The van der Waals surface area contributed by atoms with Gasteiger partial charge in [-0.25, -0.2) is 0 Å². The van der Waals surface area contributed by atoms with Gasteiger partial charge in [0, 0.05) is 32.1 Å². The molecule has 2 aliphatic heterocycles. The molecule has 118 valence electrons. The van der Waals surface area contributed by atoms with E-state index in [1.54, 1.807) is 0 Å². The maximum Gasteiger partial charge on any atom is 0.240 e. The van der Waals surface area contributed by atoms with Crippen molar-refractivity contribution in [3.63, 3.8) is 0 Å². The molecule has 5 nitrogen and oxygen atoms in total. The highest BCUT2D eigenvalue weighted by Crippen LogP contribution is 2.27. The third kappa shape index (κ3) is 3.07. The lowest BCUT2D eigenvalue weighted by atomic mass is 10.1. The summed E-state index contributed by atoms with van der Waals surface area (Å²) in [5.41, 5.74) is 0. The van der Waals surface area contributed by atoms with E-state index >= 15 is 0 Å². The van der Waals surface area contributed by atoms with Crippen molar-refractivity contribution < 1.29 is 9.59 Å². The molecule has 0 radical (unpaired) electrons. The highest BCUT2D eigenvalue weighted by atomic mass is 16.2. The van der Waals surface area contributed by atoms with E-state index in [1.807, 2.05) is 16.8 Å². The van der Waals surface area contributed by atoms with Crippen molar-refractivity contribution >= 4 is 11.8 Å². The number of likely N-dealkylation sites (N-methyl/N-ethyl adjacent to an activating group) is 1. The van der Waals surface area contributed by atoms with E-state index in [9.17, 15) is 9.59 Å². The normalized spacial score (nSPS) is 28.3. The van der Waals surface area contributed by atoms with Gasteiger partial charge >= 0.3 is 0 Å². The molecule has 1 saturated carbocycles. The number of piperazine rings is 1. The molecule has 0 aromatic heterocycles. The Kier molecular flexibility index (Phi) is 4.48. The summed E-state index contributed by atoms with van der Waals surface area (Å²) in [5.74, 6) is 0.855. The zero-order chi connectivity index (χ0) is 14.8. The van der Waals surface area contributed by atoms with Gasteiger partial charge in [-0.1, -0.05) is 12.8 Å². The van der Waals surface area contributed by atoms with E-state index in [1.165, 1.54) is 12.8 Å². The van der Waals surface area contributed by atoms with Gasteiger partial charge < -0.3 is 9.80 Å². The summed E-state index contributed by atoms with van der Waals surface area (Å²) in [6, 6.07) is 0.0714. The van der Waals surface area contributed by atoms with Gasteiger partial charge in [0.1, 0.15) is 0 Å². The average Bonchev–Trinajstić information content (AvgIpc) is 3.17. The molecular weight excluding hydrogens is 266 g/mol. The van der Waals surface area contributed by atoms with Gasteiger partial charge in [0.05, 0.1) is 6.04 Å². The molecule has 0 aromatic rings. The predicted octanol–water partition coefficient (Wildman–Crippen LogP) is 0.942. The first kappa shape index (κ1) is 14.8. The summed E-state index contributed by atoms with van der Waals surface area (Å²) in [6.45, 7) is 3.88. The molecule has 0 N–H and O–H groups in total. The van der Waals surface area contributed by atoms with Crippen molar-refractivity contribution in [3.05, 3.63) is 0 Å². The molecule has 0 aromatic carbocycles. The Balaban J connectivity index is 1.50. The van der Waals surface area contributed by atoms with Crippen LogP contribution in [0.3, 0.4) is 0 Å². The lowest BCUT2D eigenvalue weighted by molar-refractivity contribution is -0.144. The van der Waals surface area contributed by atoms with Gasteiger partial charge in [-0.15, -0.1) is 0 Å². The second-order valence-electron chi connectivity index (χ2n) is 6.77. The van der Waals surface area contributed by atoms with Gasteiger partial charge in [-0.2, -0.15) is 0 Å². The Morgan fingerprint density at radius 2 is 1.33 bits per heavy atom. The van der Waals surface area contributed by atoms with Crippen LogP contribution in [-0.4, -0.2) is 72.3 Å². The van der Waals surface area contributed by atoms with Gasteiger partial charge in [0.25, 0.3) is 0 Å². The van der Waals surface area contributed by atoms with Crippen LogP contribution in [0, 0.1) is 5.92 Å². The topological polar surface area (TPSA) is 43.9 Å². The summed E-state index contributed by atoms with van der Waals surface area (Å²) >= 11 is 0. The fraction of sp³-hybridized carbons (Fsp3) is 0.875. The van der Waals surface area contributed by atoms with E-state index in [2.05, 4.69) is 4.90 Å². The van der Waals surface area contributed by atoms with Crippen LogP contribution in [0.5, 0.6) is 0 Å². The molecule has 1 atom stereocenters. The van der Waals surface area contributed by atoms with Gasteiger partial charge in [0.15, 0.2) is 0 Å². The highest BCUT2D eigenvalue weighted by Gasteiger charge is 2.34. The minimum Gasteiger partial charge on any atom is -0.339 e. The lowest BCUT2D eigenvalue weighted by Gasteiger charge is -2.37. The number of hydrogen-bond acceptors (Lipinski definition) is 3. The van der Waals surface area contributed by atoms with E-state index in [0.29, 0.717) is 19.0 Å². The zero-order valence-electron chi connectivity index (χ0n) is 13.1. The standard InChI is InChI=1S/C16H27N3O2/c1-17-8-4-7-14(17)16(21)19-11-9-18(10-12-19)15(20)13-5-2-3-6-13/h13-14H,2-12H2,1H3. The minimum atomic E-state index is 0.0714. The molecule has 0 spiro atoms. The molecule has 2 amide bonds. The van der Waals surface area contributed by atoms with Crippen LogP contribution in [0.25, 0.3) is 0 Å². The first-order valence-electron chi connectivity index (χ1n) is 8.44. The monoisotopic (exact) mass is 293 g/mol. The zero-order valence-corrected chi connectivity index (χ0v) is 13.1. The van der Waals surface area contributed by atoms with Crippen molar-refractivity contribution in [1.82, 2.24) is 14.7 Å². The van der Waals surface area contributed by atoms with Crippen LogP contribution in [0.4, 0.5) is 0 Å². The molecular formula is C16H27N3O2. The summed E-state index contributed by atoms with van der Waals surface area (Å²) in [7, 11) is 2.04. The maximum absolute atomic E-state index is 12.5. The smallest absolute Gasteiger partial charge is 0.240 e. The van der Waals surface area contributed by atoms with Crippen LogP contribution >= 0.6 is 0 Å². The average molecular weight is 293 g/mol. The first-order valence-corrected chi connectivity index (χ1v) is 8.44. The number of carbonyl (C=O) groups excluding carboxylic acids is 2. The van der Waals surface area contributed by atoms with Crippen LogP contribution in [0.15, 0.2) is 0 Å². The Morgan fingerprint density at radius 1 is 0.762 bits per heavy atom. The number of likely N-dealkylation sites (tertiary alicyclic amines) is 1. The van der Waals surface area contributed by atoms with Crippen LogP contribution in [-0.2, 0) is 9.59 Å². The molecule has 3 fully saturated rings. The largest absolute Gasteiger partial charge is 0.339 e. The highest BCUT2D eigenvalue weighted by molar-refractivity contribution is 5.83. The van der Waals surface area contributed by atoms with E-state index in [4.69, 9.17) is 0 Å². The molecule has 2 heterocycles. The molecule has 2 saturated heterocycles. The summed E-state index contributed by atoms with van der Waals surface area (Å²) in [5, 5.41) is 0. The first-order chi connectivity index (χ1) is 10.2. The molecule has 0 bridgehead atoms. The number of carbonyl (C=O) groups is 2. The second kappa shape index (κ2) is 6.34. The van der Waals surface area contributed by atoms with Gasteiger partial charge in [-0.05, 0) is 39.3 Å². The fourth-order valence-corrected chi connectivity index (χ4v) is 4.01. The Hall–Kier alpha value is -1.10. The second-order valence-corrected chi connectivity index (χ2v) is 6.77. The summed E-state index contributed by atoms with van der Waals surface area (Å²) in [6.07, 6.45) is 6.62. The molecule has 3 aliphatic rings. The number of amides is 2. The van der Waals surface area contributed by atoms with E-state index in [-0.39, 0.29) is 17.9 Å². The summed E-state index contributed by atoms with van der Waals surface area (Å²) < 4.78 is 0. The fourth-order valence-electron chi connectivity index (χ4n) is 4.01. The lowest BCUT2D eigenvalue weighted by Crippen LogP contribution is -2.55. The predicted molar refractivity (Wildman–Crippen MR) is 80.8 cm³/mol. The van der Waals surface area contributed by atoms with Crippen LogP contribution in [0.1, 0.15) is 38.5 Å². The van der Waals surface area contributed by atoms with Crippen molar-refractivity contribution in [2.24, 2.45) is 5.92 Å². The number of hydrogen-bond donors (Lipinski definition) is 0. The minimum absolute atomic E-state index is 0.0714. The maximum atomic E-state index is 12.5. The molecule has 1 unspecified atom stereocenters.